The van der Waals surface area contributed by atoms with Crippen LogP contribution in [0, 0.1) is 29.1 Å². The predicted octanol–water partition coefficient (Wildman–Crippen LogP) is 1.81. The second-order valence-corrected chi connectivity index (χ2v) is 7.14. The molecule has 3 atom stereocenters. The van der Waals surface area contributed by atoms with Crippen LogP contribution in [0.1, 0.15) is 34.1 Å². The van der Waals surface area contributed by atoms with Gasteiger partial charge in [0.05, 0.1) is 5.25 Å². The Morgan fingerprint density at radius 3 is 2.41 bits per heavy atom. The first kappa shape index (κ1) is 16.9. The molecular weight excluding hydrogens is 298 g/mol. The van der Waals surface area contributed by atoms with Gasteiger partial charge in [-0.1, -0.05) is 20.8 Å². The standard InChI is InChI=1S/C16H23N3O2S/c1-5-12(15(21)18-6-2)22-8-11(7-17)14(20)19-16-9(3)13(16)10(16)4/h8-10,12-13H,5-6H2,1-4H3,(H,18,21)(H,19,20)/b11-8-. The third-order valence-corrected chi connectivity index (χ3v) is 6.22. The van der Waals surface area contributed by atoms with Crippen molar-refractivity contribution in [1.82, 2.24) is 10.6 Å². The van der Waals surface area contributed by atoms with E-state index in [0.717, 1.165) is 0 Å². The summed E-state index contributed by atoms with van der Waals surface area (Å²) < 4.78 is 0. The van der Waals surface area contributed by atoms with Crippen molar-refractivity contribution in [3.8, 4) is 6.07 Å². The number of amides is 2. The van der Waals surface area contributed by atoms with Crippen LogP contribution >= 0.6 is 11.8 Å². The molecule has 0 radical (unpaired) electrons. The van der Waals surface area contributed by atoms with E-state index in [4.69, 9.17) is 0 Å². The van der Waals surface area contributed by atoms with Crippen LogP contribution in [0.5, 0.6) is 0 Å². The Bertz CT molecular complexity index is 542. The molecule has 2 rings (SSSR count). The lowest BCUT2D eigenvalue weighted by atomic mass is 10.1. The zero-order chi connectivity index (χ0) is 16.5. The molecule has 2 fully saturated rings. The number of hydrogen-bond donors (Lipinski definition) is 2. The number of hydrogen-bond acceptors (Lipinski definition) is 4. The average molecular weight is 321 g/mol. The molecule has 0 aromatic rings. The third kappa shape index (κ3) is 2.74. The maximum Gasteiger partial charge on any atom is 0.262 e. The Morgan fingerprint density at radius 1 is 1.36 bits per heavy atom. The summed E-state index contributed by atoms with van der Waals surface area (Å²) in [5.41, 5.74) is 0.0145. The first-order chi connectivity index (χ1) is 10.4. The van der Waals surface area contributed by atoms with Crippen LogP contribution in [0.4, 0.5) is 0 Å². The first-order valence-corrected chi connectivity index (χ1v) is 8.74. The highest BCUT2D eigenvalue weighted by Gasteiger charge is 2.83. The van der Waals surface area contributed by atoms with Crippen molar-refractivity contribution in [2.24, 2.45) is 17.8 Å². The van der Waals surface area contributed by atoms with Gasteiger partial charge in [-0.2, -0.15) is 5.26 Å². The predicted molar refractivity (Wildman–Crippen MR) is 86.7 cm³/mol. The Kier molecular flexibility index (Phi) is 4.86. The first-order valence-electron chi connectivity index (χ1n) is 7.79. The van der Waals surface area contributed by atoms with Crippen molar-refractivity contribution in [3.63, 3.8) is 0 Å². The van der Waals surface area contributed by atoms with Crippen LogP contribution in [-0.4, -0.2) is 29.1 Å². The largest absolute Gasteiger partial charge is 0.355 e. The molecule has 3 unspecified atom stereocenters. The molecule has 0 aromatic carbocycles. The van der Waals surface area contributed by atoms with Crippen LogP contribution in [0.3, 0.4) is 0 Å². The normalized spacial score (nSPS) is 33.2. The molecule has 0 aromatic heterocycles. The smallest absolute Gasteiger partial charge is 0.262 e. The molecule has 120 valence electrons. The van der Waals surface area contributed by atoms with Crippen LogP contribution in [0.2, 0.25) is 0 Å². The van der Waals surface area contributed by atoms with Gasteiger partial charge in [-0.15, -0.1) is 11.8 Å². The second kappa shape index (κ2) is 6.33. The van der Waals surface area contributed by atoms with Crippen LogP contribution < -0.4 is 10.6 Å². The SMILES string of the molecule is CCNC(=O)C(CC)S/C=C(/C#N)C(=O)NC12C(C)C1C2C. The summed E-state index contributed by atoms with van der Waals surface area (Å²) in [5.74, 6) is 1.21. The molecule has 5 nitrogen and oxygen atoms in total. The molecule has 22 heavy (non-hydrogen) atoms. The van der Waals surface area contributed by atoms with Crippen molar-refractivity contribution in [3.05, 3.63) is 11.0 Å². The quantitative estimate of drug-likeness (QED) is 0.553. The van der Waals surface area contributed by atoms with Crippen LogP contribution in [0.15, 0.2) is 11.0 Å². The van der Waals surface area contributed by atoms with Gasteiger partial charge in [0.15, 0.2) is 0 Å². The molecule has 2 N–H and O–H groups in total. The Hall–Kier alpha value is -1.48. The van der Waals surface area contributed by atoms with Crippen molar-refractivity contribution in [1.29, 1.82) is 5.26 Å². The summed E-state index contributed by atoms with van der Waals surface area (Å²) in [6.45, 7) is 8.59. The number of nitriles is 1. The van der Waals surface area contributed by atoms with E-state index in [1.165, 1.54) is 17.2 Å². The van der Waals surface area contributed by atoms with Gasteiger partial charge in [0.2, 0.25) is 5.91 Å². The van der Waals surface area contributed by atoms with Crippen molar-refractivity contribution in [2.45, 2.75) is 44.9 Å². The molecule has 2 aliphatic carbocycles. The molecule has 0 saturated heterocycles. The number of fused-ring (bicyclic) bond motifs is 1. The van der Waals surface area contributed by atoms with Gasteiger partial charge in [0.25, 0.3) is 5.91 Å². The van der Waals surface area contributed by atoms with E-state index in [1.807, 2.05) is 19.9 Å². The maximum atomic E-state index is 12.2. The van der Waals surface area contributed by atoms with Gasteiger partial charge in [-0.25, -0.2) is 0 Å². The summed E-state index contributed by atoms with van der Waals surface area (Å²) in [5, 5.41) is 16.2. The highest BCUT2D eigenvalue weighted by molar-refractivity contribution is 8.03. The number of nitrogens with one attached hydrogen (secondary N) is 2. The van der Waals surface area contributed by atoms with Crippen LogP contribution in [0.25, 0.3) is 0 Å². The summed E-state index contributed by atoms with van der Waals surface area (Å²) >= 11 is 1.23. The number of rotatable bonds is 7. The fourth-order valence-electron chi connectivity index (χ4n) is 3.46. The molecule has 0 spiro atoms. The van der Waals surface area contributed by atoms with Crippen molar-refractivity contribution >= 4 is 23.6 Å². The second-order valence-electron chi connectivity index (χ2n) is 6.06. The fraction of sp³-hybridized carbons (Fsp3) is 0.688. The van der Waals surface area contributed by atoms with E-state index in [2.05, 4.69) is 24.5 Å². The van der Waals surface area contributed by atoms with Gasteiger partial charge in [0.1, 0.15) is 11.6 Å². The molecule has 0 bridgehead atoms. The van der Waals surface area contributed by atoms with Gasteiger partial charge in [0, 0.05) is 12.1 Å². The average Bonchev–Trinajstić information content (AvgIpc) is 3.30. The van der Waals surface area contributed by atoms with E-state index in [0.29, 0.717) is 30.7 Å². The van der Waals surface area contributed by atoms with Crippen LogP contribution in [-0.2, 0) is 9.59 Å². The third-order valence-electron chi connectivity index (χ3n) is 4.98. The lowest BCUT2D eigenvalue weighted by Gasteiger charge is -2.15. The molecule has 2 amide bonds. The summed E-state index contributed by atoms with van der Waals surface area (Å²) in [6, 6.07) is 1.95. The van der Waals surface area contributed by atoms with Gasteiger partial charge < -0.3 is 10.6 Å². The topological polar surface area (TPSA) is 82.0 Å². The summed E-state index contributed by atoms with van der Waals surface area (Å²) in [7, 11) is 0. The zero-order valence-electron chi connectivity index (χ0n) is 13.5. The summed E-state index contributed by atoms with van der Waals surface area (Å²) in [6.07, 6.45) is 0.646. The zero-order valence-corrected chi connectivity index (χ0v) is 14.3. The Labute approximate surface area is 135 Å². The minimum Gasteiger partial charge on any atom is -0.355 e. The van der Waals surface area contributed by atoms with E-state index in [-0.39, 0.29) is 28.2 Å². The van der Waals surface area contributed by atoms with E-state index in [9.17, 15) is 14.9 Å². The molecule has 2 aliphatic rings. The van der Waals surface area contributed by atoms with E-state index in [1.54, 1.807) is 0 Å². The van der Waals surface area contributed by atoms with Crippen molar-refractivity contribution in [2.75, 3.05) is 6.54 Å². The molecular formula is C16H23N3O2S. The van der Waals surface area contributed by atoms with Gasteiger partial charge >= 0.3 is 0 Å². The number of nitrogens with zero attached hydrogens (tertiary/aromatic N) is 1. The molecule has 2 saturated carbocycles. The van der Waals surface area contributed by atoms with Gasteiger partial charge in [-0.05, 0) is 36.5 Å². The molecule has 6 heteroatoms. The van der Waals surface area contributed by atoms with Gasteiger partial charge in [-0.3, -0.25) is 9.59 Å². The monoisotopic (exact) mass is 321 g/mol. The lowest BCUT2D eigenvalue weighted by Crippen LogP contribution is -2.36. The van der Waals surface area contributed by atoms with E-state index < -0.39 is 0 Å². The Balaban J connectivity index is 1.94. The number of carbonyl (C=O) groups excluding carboxylic acids is 2. The van der Waals surface area contributed by atoms with Crippen molar-refractivity contribution < 1.29 is 9.59 Å². The number of carbonyl (C=O) groups is 2. The lowest BCUT2D eigenvalue weighted by molar-refractivity contribution is -0.120. The fourth-order valence-corrected chi connectivity index (χ4v) is 4.32. The minimum absolute atomic E-state index is 0.0609. The minimum atomic E-state index is -0.320. The molecule has 0 heterocycles. The molecule has 0 aliphatic heterocycles. The number of thioether (sulfide) groups is 1. The highest BCUT2D eigenvalue weighted by Crippen LogP contribution is 2.75. The maximum absolute atomic E-state index is 12.2. The highest BCUT2D eigenvalue weighted by atomic mass is 32.2. The Morgan fingerprint density at radius 2 is 2.00 bits per heavy atom. The summed E-state index contributed by atoms with van der Waals surface area (Å²) in [4.78, 5) is 24.1. The van der Waals surface area contributed by atoms with E-state index >= 15 is 0 Å².